The molecule has 0 bridgehead atoms. The first kappa shape index (κ1) is 15.8. The number of thioether (sulfide) groups is 1. The lowest BCUT2D eigenvalue weighted by Gasteiger charge is -1.99. The van der Waals surface area contributed by atoms with Gasteiger partial charge in [-0.1, -0.05) is 12.1 Å². The van der Waals surface area contributed by atoms with Crippen LogP contribution in [0.2, 0.25) is 0 Å². The minimum atomic E-state index is -0.833. The highest BCUT2D eigenvalue weighted by atomic mass is 32.2. The average Bonchev–Trinajstić information content (AvgIpc) is 2.68. The van der Waals surface area contributed by atoms with Gasteiger partial charge in [0.25, 0.3) is 11.9 Å². The van der Waals surface area contributed by atoms with E-state index < -0.39 is 5.97 Å². The molecule has 0 saturated carbocycles. The van der Waals surface area contributed by atoms with Gasteiger partial charge in [-0.2, -0.15) is 4.99 Å². The Labute approximate surface area is 120 Å². The smallest absolute Gasteiger partial charge is 0.300 e. The molecule has 7 heteroatoms. The number of nitrogens with zero attached hydrogens (tertiary/aromatic N) is 1. The second-order valence-corrected chi connectivity index (χ2v) is 4.72. The van der Waals surface area contributed by atoms with E-state index in [2.05, 4.69) is 4.99 Å². The molecule has 0 saturated heterocycles. The Balaban J connectivity index is 0.000000444. The van der Waals surface area contributed by atoms with Crippen molar-refractivity contribution in [3.63, 3.8) is 0 Å². The number of hydrogen-bond acceptors (Lipinski definition) is 5. The number of nitrogens with two attached hydrogens (primary N) is 1. The van der Waals surface area contributed by atoms with Crippen LogP contribution < -0.4 is 10.5 Å². The van der Waals surface area contributed by atoms with Gasteiger partial charge >= 0.3 is 0 Å². The highest BCUT2D eigenvalue weighted by Gasteiger charge is 2.19. The van der Waals surface area contributed by atoms with Crippen LogP contribution in [0.15, 0.2) is 34.2 Å². The molecule has 1 aromatic carbocycles. The molecular formula is C13H14N2O4S. The van der Waals surface area contributed by atoms with Crippen molar-refractivity contribution in [2.24, 2.45) is 10.7 Å². The zero-order valence-electron chi connectivity index (χ0n) is 11.0. The quantitative estimate of drug-likeness (QED) is 0.805. The maximum Gasteiger partial charge on any atom is 0.300 e. The molecule has 0 spiro atoms. The fourth-order valence-electron chi connectivity index (χ4n) is 1.28. The van der Waals surface area contributed by atoms with Gasteiger partial charge < -0.3 is 15.6 Å². The van der Waals surface area contributed by atoms with Gasteiger partial charge in [-0.15, -0.1) is 0 Å². The third kappa shape index (κ3) is 5.15. The van der Waals surface area contributed by atoms with E-state index in [0.717, 1.165) is 18.2 Å². The Hall–Kier alpha value is -2.28. The Morgan fingerprint density at radius 1 is 1.40 bits per heavy atom. The van der Waals surface area contributed by atoms with Crippen LogP contribution in [0, 0.1) is 0 Å². The van der Waals surface area contributed by atoms with Crippen molar-refractivity contribution in [2.75, 3.05) is 7.11 Å². The number of carboxylic acids is 1. The number of amidine groups is 1. The molecule has 1 aliphatic heterocycles. The van der Waals surface area contributed by atoms with Gasteiger partial charge in [-0.25, -0.2) is 0 Å². The molecule has 0 unspecified atom stereocenters. The van der Waals surface area contributed by atoms with E-state index in [1.165, 1.54) is 11.8 Å². The number of carbonyl (C=O) groups excluding carboxylic acids is 1. The molecule has 20 heavy (non-hydrogen) atoms. The first-order valence-corrected chi connectivity index (χ1v) is 6.35. The fraction of sp³-hybridized carbons (Fsp3) is 0.154. The molecule has 1 aliphatic rings. The number of rotatable bonds is 2. The number of hydrogen-bond donors (Lipinski definition) is 2. The van der Waals surface area contributed by atoms with E-state index in [-0.39, 0.29) is 5.91 Å². The van der Waals surface area contributed by atoms with Crippen LogP contribution in [0.5, 0.6) is 5.75 Å². The summed E-state index contributed by atoms with van der Waals surface area (Å²) in [4.78, 5) is 24.5. The van der Waals surface area contributed by atoms with Gasteiger partial charge in [0, 0.05) is 6.92 Å². The topological polar surface area (TPSA) is 102 Å². The Bertz CT molecular complexity index is 560. The molecule has 0 aliphatic carbocycles. The van der Waals surface area contributed by atoms with Crippen LogP contribution in [-0.2, 0) is 9.59 Å². The summed E-state index contributed by atoms with van der Waals surface area (Å²) in [6.45, 7) is 1.08. The predicted octanol–water partition coefficient (Wildman–Crippen LogP) is 1.72. The largest absolute Gasteiger partial charge is 0.497 e. The van der Waals surface area contributed by atoms with Crippen LogP contribution in [-0.4, -0.2) is 29.3 Å². The van der Waals surface area contributed by atoms with E-state index in [4.69, 9.17) is 20.4 Å². The number of aliphatic imine (C=N–C) groups is 1. The zero-order valence-corrected chi connectivity index (χ0v) is 11.8. The summed E-state index contributed by atoms with van der Waals surface area (Å²) in [6.07, 6.45) is 1.76. The van der Waals surface area contributed by atoms with Gasteiger partial charge in [0.15, 0.2) is 5.17 Å². The monoisotopic (exact) mass is 294 g/mol. The number of benzene rings is 1. The summed E-state index contributed by atoms with van der Waals surface area (Å²) < 4.78 is 5.04. The summed E-state index contributed by atoms with van der Waals surface area (Å²) >= 11 is 1.19. The van der Waals surface area contributed by atoms with Crippen molar-refractivity contribution >= 4 is 34.9 Å². The average molecular weight is 294 g/mol. The fourth-order valence-corrected chi connectivity index (χ4v) is 1.96. The van der Waals surface area contributed by atoms with Crippen LogP contribution in [0.3, 0.4) is 0 Å². The minimum Gasteiger partial charge on any atom is -0.497 e. The molecule has 1 aromatic rings. The first-order valence-electron chi connectivity index (χ1n) is 5.54. The molecule has 0 fully saturated rings. The predicted molar refractivity (Wildman–Crippen MR) is 78.5 cm³/mol. The molecule has 2 rings (SSSR count). The summed E-state index contributed by atoms with van der Waals surface area (Å²) in [5.41, 5.74) is 6.36. The van der Waals surface area contributed by atoms with E-state index in [1.807, 2.05) is 24.3 Å². The van der Waals surface area contributed by atoms with Crippen molar-refractivity contribution in [3.05, 3.63) is 34.7 Å². The highest BCUT2D eigenvalue weighted by molar-refractivity contribution is 8.18. The van der Waals surface area contributed by atoms with Crippen molar-refractivity contribution < 1.29 is 19.4 Å². The van der Waals surface area contributed by atoms with E-state index in [0.29, 0.717) is 10.1 Å². The Kier molecular flexibility index (Phi) is 5.79. The molecule has 1 heterocycles. The number of ether oxygens (including phenoxy) is 1. The number of carbonyl (C=O) groups is 2. The molecule has 6 nitrogen and oxygen atoms in total. The molecule has 106 valence electrons. The molecule has 0 atom stereocenters. The molecule has 3 N–H and O–H groups in total. The van der Waals surface area contributed by atoms with E-state index in [9.17, 15) is 4.79 Å². The molecule has 0 aromatic heterocycles. The maximum absolute atomic E-state index is 11.3. The highest BCUT2D eigenvalue weighted by Crippen LogP contribution is 2.26. The maximum atomic E-state index is 11.3. The summed E-state index contributed by atoms with van der Waals surface area (Å²) in [5, 5.41) is 7.71. The van der Waals surface area contributed by atoms with Crippen molar-refractivity contribution in [1.82, 2.24) is 0 Å². The third-order valence-electron chi connectivity index (χ3n) is 2.05. The minimum absolute atomic E-state index is 0.279. The summed E-state index contributed by atoms with van der Waals surface area (Å²) in [7, 11) is 1.61. The number of amides is 1. The van der Waals surface area contributed by atoms with Crippen LogP contribution >= 0.6 is 11.8 Å². The van der Waals surface area contributed by atoms with Crippen LogP contribution in [0.25, 0.3) is 6.08 Å². The Morgan fingerprint density at radius 2 is 1.95 bits per heavy atom. The van der Waals surface area contributed by atoms with Crippen molar-refractivity contribution in [2.45, 2.75) is 6.92 Å². The lowest BCUT2D eigenvalue weighted by atomic mass is 10.2. The second-order valence-electron chi connectivity index (χ2n) is 3.66. The lowest BCUT2D eigenvalue weighted by Crippen LogP contribution is -2.01. The zero-order chi connectivity index (χ0) is 15.1. The summed E-state index contributed by atoms with van der Waals surface area (Å²) in [5.74, 6) is -0.332. The first-order chi connectivity index (χ1) is 9.42. The van der Waals surface area contributed by atoms with Gasteiger partial charge in [0.1, 0.15) is 5.75 Å². The number of carboxylic acid groups (broad SMARTS) is 1. The molecular weight excluding hydrogens is 280 g/mol. The third-order valence-corrected chi connectivity index (χ3v) is 2.86. The second kappa shape index (κ2) is 7.34. The number of aliphatic carboxylic acids is 1. The van der Waals surface area contributed by atoms with Gasteiger partial charge in [-0.3, -0.25) is 9.59 Å². The van der Waals surface area contributed by atoms with E-state index in [1.54, 1.807) is 13.2 Å². The lowest BCUT2D eigenvalue weighted by molar-refractivity contribution is -0.134. The number of methoxy groups -OCH3 is 1. The van der Waals surface area contributed by atoms with Gasteiger partial charge in [0.05, 0.1) is 12.0 Å². The van der Waals surface area contributed by atoms with Crippen molar-refractivity contribution in [3.8, 4) is 5.75 Å². The van der Waals surface area contributed by atoms with Gasteiger partial charge in [0.2, 0.25) is 0 Å². The van der Waals surface area contributed by atoms with Gasteiger partial charge in [-0.05, 0) is 35.5 Å². The van der Waals surface area contributed by atoms with Crippen molar-refractivity contribution in [1.29, 1.82) is 0 Å². The normalized spacial score (nSPS) is 15.4. The summed E-state index contributed by atoms with van der Waals surface area (Å²) in [6, 6.07) is 7.41. The Morgan fingerprint density at radius 3 is 2.35 bits per heavy atom. The standard InChI is InChI=1S/C11H10N2O2S.C2H4O2/c1-15-8-4-2-7(3-5-8)6-9-10(14)13-11(12)16-9;1-2(3)4/h2-6H,1H3,(H2,12,13,14);1H3,(H,3,4)/b9-6+;. The SMILES string of the molecule is CC(=O)O.COc1ccc(/C=C2/SC(N)=NC2=O)cc1. The van der Waals surface area contributed by atoms with E-state index >= 15 is 0 Å². The van der Waals surface area contributed by atoms with Crippen LogP contribution in [0.1, 0.15) is 12.5 Å². The molecule has 1 amide bonds. The van der Waals surface area contributed by atoms with Crippen LogP contribution in [0.4, 0.5) is 0 Å². The molecule has 0 radical (unpaired) electrons.